The molecule has 5 rings (SSSR count). The molecule has 0 radical (unpaired) electrons. The second-order valence-corrected chi connectivity index (χ2v) is 14.2. The SMILES string of the molecule is N#CC1(N(COC(=O)O[C@H]2CC[C@H](OC(=O)/C=C/C(=O)O)CC2)C(=O)c2cc(-c3cnn(-c4c(Cl)cc(C(F)(C(F)(F)F)C(F)(F)F)cc4OC(F)(F)F)c3)ccc2Cl)CC1. The van der Waals surface area contributed by atoms with Crippen LogP contribution >= 0.6 is 23.2 Å². The van der Waals surface area contributed by atoms with Gasteiger partial charge in [-0.1, -0.05) is 29.3 Å². The van der Waals surface area contributed by atoms with Gasteiger partial charge in [-0.05, 0) is 68.4 Å². The Balaban J connectivity index is 1.36. The van der Waals surface area contributed by atoms with Crippen LogP contribution in [0, 0.1) is 11.3 Å². The number of carbonyl (C=O) groups excluding carboxylic acids is 3. The van der Waals surface area contributed by atoms with Crippen molar-refractivity contribution in [1.29, 1.82) is 5.26 Å². The van der Waals surface area contributed by atoms with Gasteiger partial charge < -0.3 is 24.1 Å². The van der Waals surface area contributed by atoms with Crippen LogP contribution in [0.1, 0.15) is 54.4 Å². The zero-order valence-electron chi connectivity index (χ0n) is 30.3. The molecule has 1 heterocycles. The lowest BCUT2D eigenvalue weighted by Gasteiger charge is -2.31. The summed E-state index contributed by atoms with van der Waals surface area (Å²) in [6.07, 6.45) is -17.2. The molecule has 0 saturated heterocycles. The first-order chi connectivity index (χ1) is 28.3. The van der Waals surface area contributed by atoms with Crippen molar-refractivity contribution in [3.05, 3.63) is 76.0 Å². The van der Waals surface area contributed by atoms with Crippen LogP contribution in [0.15, 0.2) is 54.9 Å². The van der Waals surface area contributed by atoms with Crippen LogP contribution in [0.25, 0.3) is 16.8 Å². The van der Waals surface area contributed by atoms with E-state index in [1.165, 1.54) is 12.1 Å². The predicted molar refractivity (Wildman–Crippen MR) is 186 cm³/mol. The third kappa shape index (κ3) is 10.4. The van der Waals surface area contributed by atoms with Crippen molar-refractivity contribution in [2.75, 3.05) is 6.73 Å². The van der Waals surface area contributed by atoms with Crippen LogP contribution in [0.3, 0.4) is 0 Å². The normalized spacial score (nSPS) is 17.9. The molecule has 13 nitrogen and oxygen atoms in total. The van der Waals surface area contributed by atoms with E-state index in [2.05, 4.69) is 9.84 Å². The molecule has 1 amide bonds. The lowest BCUT2D eigenvalue weighted by Crippen LogP contribution is -2.50. The number of halogens is 12. The summed E-state index contributed by atoms with van der Waals surface area (Å²) in [5, 5.41) is 20.8. The number of nitriles is 1. The Hall–Kier alpha value is -5.76. The number of nitrogens with zero attached hydrogens (tertiary/aromatic N) is 4. The predicted octanol–water partition coefficient (Wildman–Crippen LogP) is 9.14. The fraction of sp³-hybridized carbons (Fsp3) is 0.389. The fourth-order valence-electron chi connectivity index (χ4n) is 6.13. The van der Waals surface area contributed by atoms with E-state index in [1.54, 1.807) is 0 Å². The first-order valence-corrected chi connectivity index (χ1v) is 18.0. The average molecular weight is 920 g/mol. The highest BCUT2D eigenvalue weighted by Crippen LogP contribution is 2.55. The van der Waals surface area contributed by atoms with Gasteiger partial charge in [0.2, 0.25) is 0 Å². The summed E-state index contributed by atoms with van der Waals surface area (Å²) in [6, 6.07) is 4.91. The van der Waals surface area contributed by atoms with E-state index >= 15 is 0 Å². The first-order valence-electron chi connectivity index (χ1n) is 17.2. The van der Waals surface area contributed by atoms with Gasteiger partial charge >= 0.3 is 42.5 Å². The van der Waals surface area contributed by atoms with E-state index in [1.807, 2.05) is 6.07 Å². The molecule has 0 atom stereocenters. The topological polar surface area (TPSA) is 170 Å². The van der Waals surface area contributed by atoms with Crippen molar-refractivity contribution in [3.63, 3.8) is 0 Å². The molecule has 1 N–H and O–H groups in total. The third-order valence-corrected chi connectivity index (χ3v) is 9.93. The number of aromatic nitrogens is 2. The number of benzene rings is 2. The molecular formula is C36H26Cl2F10N4O9. The number of alkyl halides is 10. The lowest BCUT2D eigenvalue weighted by molar-refractivity contribution is -0.348. The Morgan fingerprint density at radius 1 is 0.885 bits per heavy atom. The van der Waals surface area contributed by atoms with Gasteiger partial charge in [0.25, 0.3) is 5.91 Å². The number of carboxylic acids is 1. The molecule has 2 aromatic carbocycles. The van der Waals surface area contributed by atoms with Gasteiger partial charge in [0, 0.05) is 29.5 Å². The van der Waals surface area contributed by atoms with Gasteiger partial charge in [-0.15, -0.1) is 13.2 Å². The number of carbonyl (C=O) groups is 4. The number of esters is 1. The summed E-state index contributed by atoms with van der Waals surface area (Å²) in [6.45, 7) is -0.814. The highest BCUT2D eigenvalue weighted by atomic mass is 35.5. The molecule has 3 aromatic rings. The summed E-state index contributed by atoms with van der Waals surface area (Å²) in [4.78, 5) is 49.8. The number of hydrogen-bond acceptors (Lipinski definition) is 10. The minimum atomic E-state index is -6.71. The monoisotopic (exact) mass is 918 g/mol. The molecule has 2 aliphatic carbocycles. The summed E-state index contributed by atoms with van der Waals surface area (Å²) in [7, 11) is 0. The Bertz CT molecular complexity index is 2250. The van der Waals surface area contributed by atoms with Crippen LogP contribution in [-0.4, -0.2) is 87.0 Å². The van der Waals surface area contributed by atoms with Crippen molar-refractivity contribution < 1.29 is 87.1 Å². The zero-order chi connectivity index (χ0) is 45.3. The largest absolute Gasteiger partial charge is 0.573 e. The lowest BCUT2D eigenvalue weighted by atomic mass is 9.93. The van der Waals surface area contributed by atoms with E-state index < -0.39 is 101 Å². The second-order valence-electron chi connectivity index (χ2n) is 13.4. The molecule has 0 unspecified atom stereocenters. The molecular weight excluding hydrogens is 893 g/mol. The van der Waals surface area contributed by atoms with Crippen LogP contribution < -0.4 is 4.74 Å². The molecule has 1 aromatic heterocycles. The summed E-state index contributed by atoms with van der Waals surface area (Å²) in [5.41, 5.74) is -11.4. The minimum absolute atomic E-state index is 0.0308. The number of rotatable bonds is 12. The van der Waals surface area contributed by atoms with Gasteiger partial charge in [0.15, 0.2) is 12.5 Å². The van der Waals surface area contributed by atoms with E-state index in [0.29, 0.717) is 10.8 Å². The Labute approximate surface area is 345 Å². The van der Waals surface area contributed by atoms with Gasteiger partial charge in [0.05, 0.1) is 27.9 Å². The maximum Gasteiger partial charge on any atom is 0.573 e. The summed E-state index contributed by atoms with van der Waals surface area (Å²) < 4.78 is 156. The van der Waals surface area contributed by atoms with Gasteiger partial charge in [-0.25, -0.2) is 23.5 Å². The maximum atomic E-state index is 14.9. The van der Waals surface area contributed by atoms with Crippen LogP contribution in [-0.2, 0) is 29.5 Å². The quantitative estimate of drug-likeness (QED) is 0.0796. The highest BCUT2D eigenvalue weighted by molar-refractivity contribution is 6.34. The summed E-state index contributed by atoms with van der Waals surface area (Å²) in [5.74, 6) is -4.96. The third-order valence-electron chi connectivity index (χ3n) is 9.31. The highest BCUT2D eigenvalue weighted by Gasteiger charge is 2.73. The number of carboxylic acid groups (broad SMARTS) is 1. The molecule has 25 heteroatoms. The van der Waals surface area contributed by atoms with Gasteiger partial charge in [-0.3, -0.25) is 9.69 Å². The van der Waals surface area contributed by atoms with Crippen LogP contribution in [0.2, 0.25) is 10.0 Å². The second kappa shape index (κ2) is 17.3. The smallest absolute Gasteiger partial charge is 0.478 e. The number of aliphatic carboxylic acids is 1. The van der Waals surface area contributed by atoms with Crippen LogP contribution in [0.4, 0.5) is 48.7 Å². The minimum Gasteiger partial charge on any atom is -0.478 e. The zero-order valence-corrected chi connectivity index (χ0v) is 31.9. The first kappa shape index (κ1) is 46.3. The van der Waals surface area contributed by atoms with Crippen LogP contribution in [0.5, 0.6) is 5.75 Å². The molecule has 0 bridgehead atoms. The van der Waals surface area contributed by atoms with Crippen molar-refractivity contribution in [2.45, 2.75) is 80.7 Å². The van der Waals surface area contributed by atoms with E-state index in [9.17, 15) is 68.3 Å². The van der Waals surface area contributed by atoms with Gasteiger partial charge in [0.1, 0.15) is 23.4 Å². The number of hydrogen-bond donors (Lipinski definition) is 1. The number of amides is 1. The van der Waals surface area contributed by atoms with E-state index in [4.69, 9.17) is 42.5 Å². The van der Waals surface area contributed by atoms with Crippen molar-refractivity contribution in [2.24, 2.45) is 0 Å². The fourth-order valence-corrected chi connectivity index (χ4v) is 6.62. The van der Waals surface area contributed by atoms with Crippen molar-refractivity contribution in [3.8, 4) is 28.6 Å². The molecule has 0 spiro atoms. The molecule has 61 heavy (non-hydrogen) atoms. The molecule has 2 aliphatic rings. The average Bonchev–Trinajstić information content (AvgIpc) is 3.80. The van der Waals surface area contributed by atoms with Crippen molar-refractivity contribution >= 4 is 47.2 Å². The molecule has 2 fully saturated rings. The van der Waals surface area contributed by atoms with Crippen molar-refractivity contribution in [1.82, 2.24) is 14.7 Å². The molecule has 328 valence electrons. The van der Waals surface area contributed by atoms with E-state index in [-0.39, 0.29) is 66.3 Å². The molecule has 0 aliphatic heterocycles. The standard InChI is InChI=1S/C36H26Cl2F10N4O9/c37-24-6-1-18(19-14-50-52(15-19)29-25(38)12-20(13-26(29)61-36(46,47)48)33(39,34(40,41)42)35(43,44)45)11-23(24)30(56)51(32(16-49)9-10-32)17-58-31(57)60-22-4-2-21(3-5-22)59-28(55)8-7-27(53)54/h1,6-8,11-15,21-22H,2-5,9-10,17H2,(H,53,54)/b8-7+/t21-,22-. The Morgan fingerprint density at radius 3 is 2.03 bits per heavy atom. The van der Waals surface area contributed by atoms with E-state index in [0.717, 1.165) is 29.4 Å². The number of ether oxygens (including phenoxy) is 4. The van der Waals surface area contributed by atoms with Gasteiger partial charge in [-0.2, -0.15) is 36.7 Å². The molecule has 2 saturated carbocycles. The summed E-state index contributed by atoms with van der Waals surface area (Å²) >= 11 is 12.3. The Kier molecular flexibility index (Phi) is 13.1. The Morgan fingerprint density at radius 2 is 1.49 bits per heavy atom. The maximum absolute atomic E-state index is 14.9.